The van der Waals surface area contributed by atoms with Gasteiger partial charge in [0, 0.05) is 21.9 Å². The highest BCUT2D eigenvalue weighted by molar-refractivity contribution is 6.10. The summed E-state index contributed by atoms with van der Waals surface area (Å²) in [5.74, 6) is 1.86. The molecule has 0 saturated heterocycles. The van der Waals surface area contributed by atoms with Gasteiger partial charge in [-0.05, 0) is 44.2 Å². The van der Waals surface area contributed by atoms with Crippen molar-refractivity contribution in [2.24, 2.45) is 0 Å². The van der Waals surface area contributed by atoms with Crippen LogP contribution in [0.1, 0.15) is 17.2 Å². The second kappa shape index (κ2) is 7.05. The molecule has 6 nitrogen and oxygen atoms in total. The number of aromatic nitrogens is 4. The number of rotatable bonds is 2. The fourth-order valence-corrected chi connectivity index (χ4v) is 3.98. The molecule has 0 spiro atoms. The lowest BCUT2D eigenvalue weighted by atomic mass is 10.1. The minimum atomic E-state index is 0.530. The molecule has 6 heteroatoms. The number of nitrogens with zero attached hydrogens (tertiary/aromatic N) is 6. The molecule has 146 valence electrons. The highest BCUT2D eigenvalue weighted by Crippen LogP contribution is 2.36. The number of benzene rings is 3. The predicted octanol–water partition coefficient (Wildman–Crippen LogP) is 5.68. The molecule has 2 aromatic heterocycles. The molecule has 0 amide bonds. The topological polar surface area (TPSA) is 71.8 Å². The van der Waals surface area contributed by atoms with Gasteiger partial charge in [-0.3, -0.25) is 0 Å². The Morgan fingerprint density at radius 2 is 1.61 bits per heavy atom. The molecule has 2 heterocycles. The summed E-state index contributed by atoms with van der Waals surface area (Å²) in [6, 6.07) is 21.6. The van der Waals surface area contributed by atoms with E-state index in [2.05, 4.69) is 31.9 Å². The van der Waals surface area contributed by atoms with Crippen LogP contribution in [0.2, 0.25) is 0 Å². The Morgan fingerprint density at radius 3 is 2.35 bits per heavy atom. The van der Waals surface area contributed by atoms with Crippen LogP contribution in [0.4, 0.5) is 5.69 Å². The third kappa shape index (κ3) is 2.99. The van der Waals surface area contributed by atoms with E-state index >= 15 is 0 Å². The summed E-state index contributed by atoms with van der Waals surface area (Å²) in [7, 11) is 0. The molecule has 0 aliphatic carbocycles. The van der Waals surface area contributed by atoms with Crippen molar-refractivity contribution in [1.82, 2.24) is 19.5 Å². The van der Waals surface area contributed by atoms with Crippen molar-refractivity contribution < 1.29 is 0 Å². The largest absolute Gasteiger partial charge is 0.309 e. The molecule has 0 bridgehead atoms. The second-order valence-electron chi connectivity index (χ2n) is 7.26. The lowest BCUT2D eigenvalue weighted by Gasteiger charge is -2.12. The van der Waals surface area contributed by atoms with Gasteiger partial charge in [0.25, 0.3) is 0 Å². The van der Waals surface area contributed by atoms with Crippen molar-refractivity contribution >= 4 is 27.5 Å². The minimum absolute atomic E-state index is 0.530. The first-order valence-corrected chi connectivity index (χ1v) is 9.74. The molecule has 0 aliphatic heterocycles. The van der Waals surface area contributed by atoms with Crippen molar-refractivity contribution in [3.63, 3.8) is 0 Å². The molecule has 5 rings (SSSR count). The number of fused-ring (bicyclic) bond motifs is 3. The van der Waals surface area contributed by atoms with Gasteiger partial charge in [0.1, 0.15) is 17.7 Å². The monoisotopic (exact) mass is 400 g/mol. The van der Waals surface area contributed by atoms with Crippen molar-refractivity contribution in [3.8, 4) is 23.1 Å². The molecule has 3 aromatic carbocycles. The fourth-order valence-electron chi connectivity index (χ4n) is 3.98. The van der Waals surface area contributed by atoms with Crippen LogP contribution in [-0.2, 0) is 0 Å². The number of aryl methyl sites for hydroxylation is 2. The Hall–Kier alpha value is -4.55. The number of hydrogen-bond donors (Lipinski definition) is 0. The van der Waals surface area contributed by atoms with Gasteiger partial charge in [0.05, 0.1) is 23.3 Å². The molecule has 0 atom stereocenters. The highest BCUT2D eigenvalue weighted by atomic mass is 15.0. The quantitative estimate of drug-likeness (QED) is 0.358. The summed E-state index contributed by atoms with van der Waals surface area (Å²) in [5.41, 5.74) is 4.46. The van der Waals surface area contributed by atoms with Crippen LogP contribution in [-0.4, -0.2) is 19.5 Å². The Morgan fingerprint density at radius 1 is 0.871 bits per heavy atom. The molecule has 31 heavy (non-hydrogen) atoms. The van der Waals surface area contributed by atoms with Gasteiger partial charge in [-0.2, -0.15) is 5.26 Å². The average molecular weight is 400 g/mol. The van der Waals surface area contributed by atoms with Crippen LogP contribution < -0.4 is 0 Å². The zero-order valence-corrected chi connectivity index (χ0v) is 17.0. The van der Waals surface area contributed by atoms with E-state index in [4.69, 9.17) is 6.57 Å². The average Bonchev–Trinajstić information content (AvgIpc) is 3.11. The van der Waals surface area contributed by atoms with Crippen molar-refractivity contribution in [2.75, 3.05) is 0 Å². The molecule has 0 unspecified atom stereocenters. The van der Waals surface area contributed by atoms with Gasteiger partial charge >= 0.3 is 0 Å². The summed E-state index contributed by atoms with van der Waals surface area (Å²) in [4.78, 5) is 16.8. The number of nitriles is 1. The van der Waals surface area contributed by atoms with E-state index in [-0.39, 0.29) is 0 Å². The predicted molar refractivity (Wildman–Crippen MR) is 120 cm³/mol. The Bertz CT molecular complexity index is 1560. The lowest BCUT2D eigenvalue weighted by molar-refractivity contribution is 0.928. The lowest BCUT2D eigenvalue weighted by Crippen LogP contribution is -2.01. The van der Waals surface area contributed by atoms with Gasteiger partial charge in [-0.25, -0.2) is 19.8 Å². The van der Waals surface area contributed by atoms with E-state index in [1.54, 1.807) is 6.07 Å². The van der Waals surface area contributed by atoms with Crippen LogP contribution in [0.25, 0.3) is 43.7 Å². The van der Waals surface area contributed by atoms with Crippen LogP contribution in [0.3, 0.4) is 0 Å². The second-order valence-corrected chi connectivity index (χ2v) is 7.26. The summed E-state index contributed by atoms with van der Waals surface area (Å²) in [5, 5.41) is 12.0. The molecule has 0 fully saturated rings. The van der Waals surface area contributed by atoms with Crippen LogP contribution in [0, 0.1) is 31.8 Å². The summed E-state index contributed by atoms with van der Waals surface area (Å²) < 4.78 is 2.04. The van der Waals surface area contributed by atoms with E-state index in [1.165, 1.54) is 0 Å². The van der Waals surface area contributed by atoms with E-state index < -0.39 is 0 Å². The molecule has 5 aromatic rings. The van der Waals surface area contributed by atoms with Gasteiger partial charge in [-0.15, -0.1) is 0 Å². The molecule has 0 radical (unpaired) electrons. The Kier molecular flexibility index (Phi) is 4.20. The Labute approximate surface area is 178 Å². The number of para-hydroxylation sites is 1. The minimum Gasteiger partial charge on any atom is -0.309 e. The number of hydrogen-bond acceptors (Lipinski definition) is 4. The first-order chi connectivity index (χ1) is 15.1. The molecular formula is C25H16N6. The zero-order valence-electron chi connectivity index (χ0n) is 17.0. The molecular weight excluding hydrogens is 384 g/mol. The van der Waals surface area contributed by atoms with Crippen molar-refractivity contribution in [1.29, 1.82) is 5.26 Å². The molecule has 0 saturated carbocycles. The zero-order chi connectivity index (χ0) is 21.5. The van der Waals surface area contributed by atoms with Gasteiger partial charge < -0.3 is 4.57 Å². The van der Waals surface area contributed by atoms with Crippen LogP contribution >= 0.6 is 0 Å². The smallest absolute Gasteiger partial charge is 0.189 e. The van der Waals surface area contributed by atoms with Crippen molar-refractivity contribution in [2.45, 2.75) is 13.8 Å². The molecule has 0 aliphatic rings. The van der Waals surface area contributed by atoms with Crippen molar-refractivity contribution in [3.05, 3.63) is 89.3 Å². The highest BCUT2D eigenvalue weighted by Gasteiger charge is 2.17. The summed E-state index contributed by atoms with van der Waals surface area (Å²) in [6.45, 7) is 11.1. The third-order valence-electron chi connectivity index (χ3n) is 5.26. The standard InChI is InChI=1S/C25H16N6/c1-15-28-16(2)30-25(29-15)17-8-9-18(14-26)23(12-17)31-22-7-5-4-6-20(22)21-11-10-19(27-3)13-24(21)31/h4-13H,1-2H3. The van der Waals surface area contributed by atoms with E-state index in [9.17, 15) is 5.26 Å². The first kappa shape index (κ1) is 18.5. The van der Waals surface area contributed by atoms with Crippen LogP contribution in [0.15, 0.2) is 60.7 Å². The SMILES string of the molecule is [C-]#[N+]c1ccc2c3ccccc3n(-c3cc(-c4nc(C)nc(C)n4)ccc3C#N)c2c1. The first-order valence-electron chi connectivity index (χ1n) is 9.74. The summed E-state index contributed by atoms with van der Waals surface area (Å²) in [6.07, 6.45) is 0. The summed E-state index contributed by atoms with van der Waals surface area (Å²) >= 11 is 0. The third-order valence-corrected chi connectivity index (χ3v) is 5.26. The van der Waals surface area contributed by atoms with E-state index in [1.807, 2.05) is 66.9 Å². The molecule has 0 N–H and O–H groups in total. The van der Waals surface area contributed by atoms with Crippen LogP contribution in [0.5, 0.6) is 0 Å². The maximum absolute atomic E-state index is 9.86. The van der Waals surface area contributed by atoms with Gasteiger partial charge in [0.15, 0.2) is 11.5 Å². The maximum Gasteiger partial charge on any atom is 0.189 e. The maximum atomic E-state index is 9.86. The Balaban J connectivity index is 1.88. The fraction of sp³-hybridized carbons (Fsp3) is 0.0800. The van der Waals surface area contributed by atoms with E-state index in [0.29, 0.717) is 28.7 Å². The normalized spacial score (nSPS) is 10.8. The van der Waals surface area contributed by atoms with E-state index in [0.717, 1.165) is 33.1 Å². The van der Waals surface area contributed by atoms with Gasteiger partial charge in [0.2, 0.25) is 0 Å². The van der Waals surface area contributed by atoms with Gasteiger partial charge in [-0.1, -0.05) is 30.3 Å².